The molecule has 5 atom stereocenters. The monoisotopic (exact) mass is 379 g/mol. The van der Waals surface area contributed by atoms with Gasteiger partial charge < -0.3 is 14.8 Å². The first-order chi connectivity index (χ1) is 13.0. The van der Waals surface area contributed by atoms with Gasteiger partial charge in [-0.25, -0.2) is 4.79 Å². The van der Waals surface area contributed by atoms with E-state index >= 15 is 0 Å². The smallest absolute Gasteiger partial charge is 0.407 e. The molecule has 4 nitrogen and oxygen atoms in total. The summed E-state index contributed by atoms with van der Waals surface area (Å²) in [6.07, 6.45) is 10.7. The molecule has 3 unspecified atom stereocenters. The molecule has 0 spiro atoms. The van der Waals surface area contributed by atoms with E-state index in [0.717, 1.165) is 19.3 Å². The van der Waals surface area contributed by atoms with Crippen molar-refractivity contribution in [3.05, 3.63) is 11.6 Å². The van der Waals surface area contributed by atoms with Crippen LogP contribution in [0.1, 0.15) is 79.6 Å². The van der Waals surface area contributed by atoms with E-state index in [4.69, 9.17) is 9.47 Å². The highest BCUT2D eigenvalue weighted by atomic mass is 16.6. The van der Waals surface area contributed by atoms with Crippen LogP contribution in [0.2, 0.25) is 0 Å². The number of rotatable bonds is 10. The average molecular weight is 380 g/mol. The SMILES string of the molecule is CCCCCCC1OC[C@@]2(COC(=O)NCCCC)C(C)C=C(C)C1[C@H]2C. The second kappa shape index (κ2) is 10.5. The molecule has 1 N–H and O–H groups in total. The number of hydrogen-bond acceptors (Lipinski definition) is 3. The van der Waals surface area contributed by atoms with Crippen LogP contribution in [0.5, 0.6) is 0 Å². The maximum Gasteiger partial charge on any atom is 0.407 e. The van der Waals surface area contributed by atoms with Crippen molar-refractivity contribution in [3.8, 4) is 0 Å². The quantitative estimate of drug-likeness (QED) is 0.390. The summed E-state index contributed by atoms with van der Waals surface area (Å²) in [5.41, 5.74) is 1.35. The van der Waals surface area contributed by atoms with Crippen LogP contribution in [-0.2, 0) is 9.47 Å². The lowest BCUT2D eigenvalue weighted by molar-refractivity contribution is -0.165. The van der Waals surface area contributed by atoms with Crippen molar-refractivity contribution < 1.29 is 14.3 Å². The molecule has 2 rings (SSSR count). The molecule has 0 aromatic rings. The Labute approximate surface area is 166 Å². The number of ether oxygens (including phenoxy) is 2. The van der Waals surface area contributed by atoms with Crippen molar-refractivity contribution >= 4 is 6.09 Å². The van der Waals surface area contributed by atoms with Gasteiger partial charge in [-0.3, -0.25) is 0 Å². The predicted octanol–water partition coefficient (Wildman–Crippen LogP) is 5.72. The first-order valence-electron chi connectivity index (χ1n) is 11.2. The van der Waals surface area contributed by atoms with Crippen LogP contribution in [0.25, 0.3) is 0 Å². The topological polar surface area (TPSA) is 47.6 Å². The van der Waals surface area contributed by atoms with Gasteiger partial charge in [-0.2, -0.15) is 0 Å². The van der Waals surface area contributed by atoms with Gasteiger partial charge in [0, 0.05) is 17.9 Å². The third-order valence-corrected chi connectivity index (χ3v) is 6.97. The Balaban J connectivity index is 2.00. The molecular weight excluding hydrogens is 338 g/mol. The summed E-state index contributed by atoms with van der Waals surface area (Å²) in [4.78, 5) is 12.1. The van der Waals surface area contributed by atoms with Crippen molar-refractivity contribution in [3.63, 3.8) is 0 Å². The zero-order valence-corrected chi connectivity index (χ0v) is 18.2. The van der Waals surface area contributed by atoms with Crippen LogP contribution in [0, 0.1) is 23.2 Å². The fourth-order valence-electron chi connectivity index (χ4n) is 5.04. The molecule has 1 heterocycles. The highest BCUT2D eigenvalue weighted by molar-refractivity contribution is 5.67. The lowest BCUT2D eigenvalue weighted by Gasteiger charge is -2.55. The summed E-state index contributed by atoms with van der Waals surface area (Å²) >= 11 is 0. The fourth-order valence-corrected chi connectivity index (χ4v) is 5.04. The minimum absolute atomic E-state index is 0.105. The van der Waals surface area contributed by atoms with Gasteiger partial charge in [0.2, 0.25) is 0 Å². The second-order valence-corrected chi connectivity index (χ2v) is 8.80. The van der Waals surface area contributed by atoms with Crippen molar-refractivity contribution in [1.82, 2.24) is 5.32 Å². The van der Waals surface area contributed by atoms with Gasteiger partial charge in [0.05, 0.1) is 12.7 Å². The lowest BCUT2D eigenvalue weighted by Crippen LogP contribution is -2.57. The number of unbranched alkanes of at least 4 members (excludes halogenated alkanes) is 4. The number of nitrogens with one attached hydrogen (secondary N) is 1. The van der Waals surface area contributed by atoms with E-state index in [1.807, 2.05) is 0 Å². The van der Waals surface area contributed by atoms with Gasteiger partial charge in [0.15, 0.2) is 0 Å². The Bertz CT molecular complexity index is 504. The number of alkyl carbamates (subject to hydrolysis) is 1. The van der Waals surface area contributed by atoms with E-state index in [2.05, 4.69) is 46.0 Å². The summed E-state index contributed by atoms with van der Waals surface area (Å²) < 4.78 is 12.1. The standard InChI is InChI=1S/C23H41NO3/c1-6-8-10-11-12-20-21-17(3)14-18(4)23(15-26-20,19(21)5)16-27-22(25)24-13-9-7-2/h14,18-21H,6-13,15-16H2,1-5H3,(H,24,25)/t18?,19-,20?,21?,23-/m1/s1. The molecule has 0 saturated carbocycles. The van der Waals surface area contributed by atoms with E-state index in [-0.39, 0.29) is 11.5 Å². The Morgan fingerprint density at radius 1 is 1.22 bits per heavy atom. The van der Waals surface area contributed by atoms with Crippen molar-refractivity contribution in [2.24, 2.45) is 23.2 Å². The summed E-state index contributed by atoms with van der Waals surface area (Å²) in [6.45, 7) is 13.0. The Morgan fingerprint density at radius 2 is 1.96 bits per heavy atom. The summed E-state index contributed by atoms with van der Waals surface area (Å²) in [5, 5.41) is 2.86. The number of carbonyl (C=O) groups is 1. The first-order valence-corrected chi connectivity index (χ1v) is 11.2. The highest BCUT2D eigenvalue weighted by Crippen LogP contribution is 2.53. The maximum absolute atomic E-state index is 12.1. The minimum Gasteiger partial charge on any atom is -0.449 e. The summed E-state index contributed by atoms with van der Waals surface area (Å²) in [5.74, 6) is 1.27. The Morgan fingerprint density at radius 3 is 2.67 bits per heavy atom. The Hall–Kier alpha value is -1.03. The molecule has 1 aliphatic heterocycles. The van der Waals surface area contributed by atoms with Gasteiger partial charge >= 0.3 is 6.09 Å². The molecule has 156 valence electrons. The van der Waals surface area contributed by atoms with Crippen LogP contribution in [-0.4, -0.2) is 32.0 Å². The highest BCUT2D eigenvalue weighted by Gasteiger charge is 2.53. The molecular formula is C23H41NO3. The van der Waals surface area contributed by atoms with Crippen LogP contribution in [0.15, 0.2) is 11.6 Å². The van der Waals surface area contributed by atoms with E-state index in [1.165, 1.54) is 31.3 Å². The van der Waals surface area contributed by atoms with Gasteiger partial charge in [0.1, 0.15) is 6.61 Å². The number of fused-ring (bicyclic) bond motifs is 2. The van der Waals surface area contributed by atoms with Crippen LogP contribution >= 0.6 is 0 Å². The molecule has 0 aromatic carbocycles. The van der Waals surface area contributed by atoms with Gasteiger partial charge in [0.25, 0.3) is 0 Å². The number of amides is 1. The molecule has 1 amide bonds. The average Bonchev–Trinajstić information content (AvgIpc) is 2.63. The number of hydrogen-bond donors (Lipinski definition) is 1. The number of allylic oxidation sites excluding steroid dienone is 1. The molecule has 0 aromatic heterocycles. The minimum atomic E-state index is -0.290. The third-order valence-electron chi connectivity index (χ3n) is 6.97. The van der Waals surface area contributed by atoms with Crippen molar-refractivity contribution in [1.29, 1.82) is 0 Å². The van der Waals surface area contributed by atoms with E-state index in [1.54, 1.807) is 0 Å². The molecule has 1 fully saturated rings. The van der Waals surface area contributed by atoms with Gasteiger partial charge in [-0.05, 0) is 31.6 Å². The Kier molecular flexibility index (Phi) is 8.65. The predicted molar refractivity (Wildman–Crippen MR) is 111 cm³/mol. The third kappa shape index (κ3) is 5.28. The van der Waals surface area contributed by atoms with Crippen LogP contribution in [0.4, 0.5) is 4.79 Å². The summed E-state index contributed by atoms with van der Waals surface area (Å²) in [6, 6.07) is 0. The van der Waals surface area contributed by atoms with Crippen LogP contribution in [0.3, 0.4) is 0 Å². The zero-order chi connectivity index (χ0) is 19.9. The zero-order valence-electron chi connectivity index (χ0n) is 18.2. The summed E-state index contributed by atoms with van der Waals surface area (Å²) in [7, 11) is 0. The van der Waals surface area contributed by atoms with E-state index < -0.39 is 0 Å². The first kappa shape index (κ1) is 22.3. The molecule has 2 bridgehead atoms. The largest absolute Gasteiger partial charge is 0.449 e. The molecule has 2 aliphatic rings. The van der Waals surface area contributed by atoms with Crippen molar-refractivity contribution in [2.45, 2.75) is 85.7 Å². The molecule has 1 aliphatic carbocycles. The van der Waals surface area contributed by atoms with E-state index in [9.17, 15) is 4.79 Å². The second-order valence-electron chi connectivity index (χ2n) is 8.80. The molecule has 1 saturated heterocycles. The molecule has 27 heavy (non-hydrogen) atoms. The van der Waals surface area contributed by atoms with Gasteiger partial charge in [-0.15, -0.1) is 0 Å². The van der Waals surface area contributed by atoms with Crippen LogP contribution < -0.4 is 5.32 Å². The van der Waals surface area contributed by atoms with Gasteiger partial charge in [-0.1, -0.05) is 71.4 Å². The fraction of sp³-hybridized carbons (Fsp3) is 0.870. The number of carbonyl (C=O) groups excluding carboxylic acids is 1. The molecule has 4 heteroatoms. The molecule has 0 radical (unpaired) electrons. The van der Waals surface area contributed by atoms with Crippen molar-refractivity contribution in [2.75, 3.05) is 19.8 Å². The lowest BCUT2D eigenvalue weighted by atomic mass is 9.56. The maximum atomic E-state index is 12.1. The van der Waals surface area contributed by atoms with E-state index in [0.29, 0.717) is 43.6 Å². The normalized spacial score (nSPS) is 32.7.